The van der Waals surface area contributed by atoms with Crippen LogP contribution in [0.5, 0.6) is 0 Å². The van der Waals surface area contributed by atoms with E-state index in [2.05, 4.69) is 11.4 Å². The molecule has 0 bridgehead atoms. The van der Waals surface area contributed by atoms with Crippen molar-refractivity contribution in [3.8, 4) is 0 Å². The number of likely N-dealkylation sites (N-methyl/N-ethyl adjacent to an activating group) is 1. The monoisotopic (exact) mass is 328 g/mol. The molecule has 0 spiro atoms. The Bertz CT molecular complexity index is 717. The van der Waals surface area contributed by atoms with E-state index in [0.29, 0.717) is 12.1 Å². The first-order valence-electron chi connectivity index (χ1n) is 7.29. The maximum absolute atomic E-state index is 12.2. The molecule has 23 heavy (non-hydrogen) atoms. The third kappa shape index (κ3) is 4.53. The van der Waals surface area contributed by atoms with Crippen molar-refractivity contribution in [2.75, 3.05) is 14.1 Å². The third-order valence-electron chi connectivity index (χ3n) is 3.54. The van der Waals surface area contributed by atoms with Crippen LogP contribution in [0.15, 0.2) is 41.8 Å². The number of carbonyl (C=O) groups excluding carboxylic acids is 2. The average molecular weight is 328 g/mol. The SMILES string of the molecule is CNC(=O)c1ccc(/C=C/C(=O)N(C)Cc2sccc2C)cc1. The minimum atomic E-state index is -0.123. The fourth-order valence-electron chi connectivity index (χ4n) is 2.04. The third-order valence-corrected chi connectivity index (χ3v) is 4.55. The summed E-state index contributed by atoms with van der Waals surface area (Å²) in [5, 5.41) is 4.61. The van der Waals surface area contributed by atoms with Crippen molar-refractivity contribution in [2.45, 2.75) is 13.5 Å². The number of rotatable bonds is 5. The molecule has 5 heteroatoms. The van der Waals surface area contributed by atoms with Crippen molar-refractivity contribution in [3.63, 3.8) is 0 Å². The predicted molar refractivity (Wildman–Crippen MR) is 94.4 cm³/mol. The van der Waals surface area contributed by atoms with Gasteiger partial charge in [0.2, 0.25) is 5.91 Å². The summed E-state index contributed by atoms with van der Waals surface area (Å²) in [6.07, 6.45) is 3.31. The van der Waals surface area contributed by atoms with Gasteiger partial charge in [0.1, 0.15) is 0 Å². The Hall–Kier alpha value is -2.40. The molecule has 0 fully saturated rings. The normalized spacial score (nSPS) is 10.7. The van der Waals surface area contributed by atoms with Crippen LogP contribution >= 0.6 is 11.3 Å². The Labute approximate surface area is 140 Å². The molecule has 4 nitrogen and oxygen atoms in total. The molecule has 0 saturated carbocycles. The van der Waals surface area contributed by atoms with Gasteiger partial charge in [0.25, 0.3) is 5.91 Å². The van der Waals surface area contributed by atoms with E-state index in [-0.39, 0.29) is 11.8 Å². The van der Waals surface area contributed by atoms with Gasteiger partial charge < -0.3 is 10.2 Å². The number of nitrogens with zero attached hydrogens (tertiary/aromatic N) is 1. The van der Waals surface area contributed by atoms with Crippen molar-refractivity contribution in [2.24, 2.45) is 0 Å². The Morgan fingerprint density at radius 2 is 1.91 bits per heavy atom. The van der Waals surface area contributed by atoms with Crippen LogP contribution in [-0.4, -0.2) is 30.8 Å². The number of aryl methyl sites for hydroxylation is 1. The van der Waals surface area contributed by atoms with Gasteiger partial charge >= 0.3 is 0 Å². The van der Waals surface area contributed by atoms with Crippen LogP contribution in [0.3, 0.4) is 0 Å². The van der Waals surface area contributed by atoms with Gasteiger partial charge in [-0.05, 0) is 47.7 Å². The number of carbonyl (C=O) groups is 2. The van der Waals surface area contributed by atoms with Crippen LogP contribution in [0.25, 0.3) is 6.08 Å². The van der Waals surface area contributed by atoms with E-state index in [0.717, 1.165) is 5.56 Å². The first-order chi connectivity index (χ1) is 11.0. The summed E-state index contributed by atoms with van der Waals surface area (Å²) >= 11 is 1.66. The summed E-state index contributed by atoms with van der Waals surface area (Å²) in [5.41, 5.74) is 2.69. The summed E-state index contributed by atoms with van der Waals surface area (Å²) in [6, 6.07) is 9.17. The predicted octanol–water partition coefficient (Wildman–Crippen LogP) is 3.09. The molecule has 1 aromatic carbocycles. The fourth-order valence-corrected chi connectivity index (χ4v) is 3.00. The van der Waals surface area contributed by atoms with Crippen molar-refractivity contribution in [3.05, 3.63) is 63.4 Å². The van der Waals surface area contributed by atoms with E-state index in [4.69, 9.17) is 0 Å². The summed E-state index contributed by atoms with van der Waals surface area (Å²) in [6.45, 7) is 2.66. The van der Waals surface area contributed by atoms with Gasteiger partial charge in [-0.25, -0.2) is 0 Å². The van der Waals surface area contributed by atoms with Crippen molar-refractivity contribution in [1.29, 1.82) is 0 Å². The van der Waals surface area contributed by atoms with Gasteiger partial charge in [-0.15, -0.1) is 11.3 Å². The van der Waals surface area contributed by atoms with E-state index in [9.17, 15) is 9.59 Å². The number of amides is 2. The molecule has 2 amide bonds. The molecule has 0 atom stereocenters. The maximum atomic E-state index is 12.2. The molecular weight excluding hydrogens is 308 g/mol. The van der Waals surface area contributed by atoms with Gasteiger partial charge in [0, 0.05) is 30.6 Å². The van der Waals surface area contributed by atoms with Gasteiger partial charge in [0.15, 0.2) is 0 Å². The summed E-state index contributed by atoms with van der Waals surface area (Å²) in [7, 11) is 3.39. The average Bonchev–Trinajstić information content (AvgIpc) is 2.97. The zero-order chi connectivity index (χ0) is 16.8. The highest BCUT2D eigenvalue weighted by Gasteiger charge is 2.08. The van der Waals surface area contributed by atoms with E-state index < -0.39 is 0 Å². The zero-order valence-electron chi connectivity index (χ0n) is 13.5. The van der Waals surface area contributed by atoms with E-state index in [1.54, 1.807) is 54.6 Å². The molecular formula is C18H20N2O2S. The van der Waals surface area contributed by atoms with Crippen LogP contribution < -0.4 is 5.32 Å². The molecule has 1 aromatic heterocycles. The smallest absolute Gasteiger partial charge is 0.251 e. The van der Waals surface area contributed by atoms with E-state index >= 15 is 0 Å². The minimum Gasteiger partial charge on any atom is -0.355 e. The maximum Gasteiger partial charge on any atom is 0.251 e. The molecule has 1 heterocycles. The second-order valence-electron chi connectivity index (χ2n) is 5.26. The highest BCUT2D eigenvalue weighted by atomic mass is 32.1. The lowest BCUT2D eigenvalue weighted by Crippen LogP contribution is -2.23. The number of thiophene rings is 1. The second-order valence-corrected chi connectivity index (χ2v) is 6.26. The number of nitrogens with one attached hydrogen (secondary N) is 1. The highest BCUT2D eigenvalue weighted by Crippen LogP contribution is 2.17. The molecule has 0 unspecified atom stereocenters. The van der Waals surface area contributed by atoms with Crippen LogP contribution in [0.2, 0.25) is 0 Å². The standard InChI is InChI=1S/C18H20N2O2S/c1-13-10-11-23-16(13)12-20(3)17(21)9-6-14-4-7-15(8-5-14)18(22)19-2/h4-11H,12H2,1-3H3,(H,19,22)/b9-6+. The molecule has 120 valence electrons. The Morgan fingerprint density at radius 1 is 1.22 bits per heavy atom. The summed E-state index contributed by atoms with van der Waals surface area (Å²) in [4.78, 5) is 26.5. The van der Waals surface area contributed by atoms with Gasteiger partial charge in [-0.3, -0.25) is 9.59 Å². The first-order valence-corrected chi connectivity index (χ1v) is 8.17. The number of benzene rings is 1. The number of hydrogen-bond acceptors (Lipinski definition) is 3. The van der Waals surface area contributed by atoms with Gasteiger partial charge in [-0.1, -0.05) is 12.1 Å². The molecule has 0 aliphatic rings. The topological polar surface area (TPSA) is 49.4 Å². The van der Waals surface area contributed by atoms with Crippen LogP contribution in [0.4, 0.5) is 0 Å². The molecule has 1 N–H and O–H groups in total. The molecule has 2 aromatic rings. The first kappa shape index (κ1) is 17.0. The van der Waals surface area contributed by atoms with E-state index in [1.165, 1.54) is 10.4 Å². The van der Waals surface area contributed by atoms with E-state index in [1.807, 2.05) is 24.4 Å². The Balaban J connectivity index is 1.97. The molecule has 0 radical (unpaired) electrons. The van der Waals surface area contributed by atoms with Crippen LogP contribution in [0, 0.1) is 6.92 Å². The molecule has 0 aliphatic carbocycles. The van der Waals surface area contributed by atoms with Crippen molar-refractivity contribution < 1.29 is 9.59 Å². The number of hydrogen-bond donors (Lipinski definition) is 1. The Morgan fingerprint density at radius 3 is 2.48 bits per heavy atom. The van der Waals surface area contributed by atoms with Crippen molar-refractivity contribution in [1.82, 2.24) is 10.2 Å². The lowest BCUT2D eigenvalue weighted by atomic mass is 10.1. The highest BCUT2D eigenvalue weighted by molar-refractivity contribution is 7.10. The lowest BCUT2D eigenvalue weighted by Gasteiger charge is -2.14. The van der Waals surface area contributed by atoms with Crippen LogP contribution in [0.1, 0.15) is 26.4 Å². The Kier molecular flexibility index (Phi) is 5.71. The lowest BCUT2D eigenvalue weighted by molar-refractivity contribution is -0.125. The second kappa shape index (κ2) is 7.74. The minimum absolute atomic E-state index is 0.0480. The summed E-state index contributed by atoms with van der Waals surface area (Å²) < 4.78 is 0. The quantitative estimate of drug-likeness (QED) is 0.858. The molecule has 0 saturated heterocycles. The summed E-state index contributed by atoms with van der Waals surface area (Å²) in [5.74, 6) is -0.171. The van der Waals surface area contributed by atoms with Crippen LogP contribution in [-0.2, 0) is 11.3 Å². The fraction of sp³-hybridized carbons (Fsp3) is 0.222. The van der Waals surface area contributed by atoms with Gasteiger partial charge in [-0.2, -0.15) is 0 Å². The van der Waals surface area contributed by atoms with Gasteiger partial charge in [0.05, 0.1) is 6.54 Å². The molecule has 2 rings (SSSR count). The zero-order valence-corrected chi connectivity index (χ0v) is 14.3. The van der Waals surface area contributed by atoms with Crippen molar-refractivity contribution >= 4 is 29.2 Å². The molecule has 0 aliphatic heterocycles. The largest absolute Gasteiger partial charge is 0.355 e.